The smallest absolute Gasteiger partial charge is 0.259 e. The van der Waals surface area contributed by atoms with Crippen LogP contribution in [0.1, 0.15) is 28.8 Å². The van der Waals surface area contributed by atoms with Crippen LogP contribution in [-0.4, -0.2) is 26.7 Å². The maximum Gasteiger partial charge on any atom is 0.259 e. The molecule has 2 heterocycles. The van der Waals surface area contributed by atoms with Gasteiger partial charge in [0.15, 0.2) is 0 Å². The molecule has 0 aliphatic heterocycles. The lowest BCUT2D eigenvalue weighted by Crippen LogP contribution is -2.24. The molecular formula is C22H20N4O3S. The molecule has 4 aromatic rings. The Bertz CT molecular complexity index is 1380. The first-order valence-corrected chi connectivity index (χ1v) is 10.2. The molecule has 0 aliphatic carbocycles. The van der Waals surface area contributed by atoms with Gasteiger partial charge in [-0.05, 0) is 37.8 Å². The highest BCUT2D eigenvalue weighted by atomic mass is 32.1. The molecule has 152 valence electrons. The van der Waals surface area contributed by atoms with Crippen LogP contribution in [0.4, 0.5) is 0 Å². The van der Waals surface area contributed by atoms with E-state index in [0.717, 1.165) is 15.8 Å². The number of fused-ring (bicyclic) bond motifs is 2. The molecule has 0 bridgehead atoms. The van der Waals surface area contributed by atoms with E-state index in [-0.39, 0.29) is 23.6 Å². The third kappa shape index (κ3) is 3.57. The van der Waals surface area contributed by atoms with Crippen molar-refractivity contribution in [1.82, 2.24) is 15.4 Å². The van der Waals surface area contributed by atoms with Gasteiger partial charge in [0.1, 0.15) is 16.4 Å². The molecule has 0 radical (unpaired) electrons. The predicted octanol–water partition coefficient (Wildman–Crippen LogP) is 3.54. The normalized spacial score (nSPS) is 11.9. The highest BCUT2D eigenvalue weighted by molar-refractivity contribution is 7.18. The molecule has 8 heteroatoms. The van der Waals surface area contributed by atoms with Gasteiger partial charge in [0.25, 0.3) is 5.56 Å². The maximum absolute atomic E-state index is 12.3. The van der Waals surface area contributed by atoms with Gasteiger partial charge in [-0.1, -0.05) is 30.3 Å². The monoisotopic (exact) mass is 420 g/mol. The van der Waals surface area contributed by atoms with Crippen molar-refractivity contribution in [3.8, 4) is 5.75 Å². The number of benzene rings is 2. The zero-order valence-electron chi connectivity index (χ0n) is 16.7. The van der Waals surface area contributed by atoms with Gasteiger partial charge in [-0.15, -0.1) is 11.3 Å². The van der Waals surface area contributed by atoms with E-state index in [2.05, 4.69) is 20.5 Å². The number of nitrogens with one attached hydrogen (secondary N) is 2. The molecule has 0 aliphatic rings. The molecule has 0 atom stereocenters. The molecule has 3 N–H and O–H groups in total. The fourth-order valence-electron chi connectivity index (χ4n) is 3.33. The lowest BCUT2D eigenvalue weighted by atomic mass is 10.0. The number of carbonyl (C=O) groups excluding carboxylic acids is 1. The Hall–Kier alpha value is -3.52. The van der Waals surface area contributed by atoms with E-state index in [0.29, 0.717) is 26.9 Å². The van der Waals surface area contributed by atoms with Gasteiger partial charge in [-0.2, -0.15) is 5.10 Å². The van der Waals surface area contributed by atoms with Crippen LogP contribution in [0.15, 0.2) is 46.3 Å². The van der Waals surface area contributed by atoms with E-state index in [4.69, 9.17) is 0 Å². The standard InChI is InChI=1S/C22H20N4O3S/c1-11-13(3)30-22-19(11)21(29)23-17(24-22)10-18(27)26-25-12(2)15-9-8-14-6-4-5-7-16(14)20(15)28/h4-9,28H,10H2,1-3H3,(H,26,27)(H,23,24,29)/b25-12+. The van der Waals surface area contributed by atoms with Crippen LogP contribution in [0.5, 0.6) is 5.75 Å². The van der Waals surface area contributed by atoms with Crippen LogP contribution >= 0.6 is 11.3 Å². The number of thiophene rings is 1. The van der Waals surface area contributed by atoms with E-state index in [1.54, 1.807) is 13.0 Å². The molecule has 2 aromatic carbocycles. The van der Waals surface area contributed by atoms with Crippen LogP contribution in [0.2, 0.25) is 0 Å². The minimum Gasteiger partial charge on any atom is -0.507 e. The predicted molar refractivity (Wildman–Crippen MR) is 119 cm³/mol. The fourth-order valence-corrected chi connectivity index (χ4v) is 4.38. The van der Waals surface area contributed by atoms with Gasteiger partial charge in [0.05, 0.1) is 17.5 Å². The summed E-state index contributed by atoms with van der Waals surface area (Å²) in [5.41, 5.74) is 4.13. The van der Waals surface area contributed by atoms with Crippen LogP contribution in [-0.2, 0) is 11.2 Å². The second kappa shape index (κ2) is 7.72. The number of hydrogen-bond donors (Lipinski definition) is 3. The van der Waals surface area contributed by atoms with Gasteiger partial charge in [0, 0.05) is 15.8 Å². The van der Waals surface area contributed by atoms with Gasteiger partial charge in [-0.3, -0.25) is 9.59 Å². The molecule has 0 unspecified atom stereocenters. The molecular weight excluding hydrogens is 400 g/mol. The summed E-state index contributed by atoms with van der Waals surface area (Å²) < 4.78 is 0. The van der Waals surface area contributed by atoms with Crippen molar-refractivity contribution in [2.45, 2.75) is 27.2 Å². The van der Waals surface area contributed by atoms with Crippen molar-refractivity contribution >= 4 is 43.9 Å². The van der Waals surface area contributed by atoms with E-state index < -0.39 is 5.91 Å². The second-order valence-corrected chi connectivity index (χ2v) is 8.27. The topological polar surface area (TPSA) is 107 Å². The fraction of sp³-hybridized carbons (Fsp3) is 0.182. The van der Waals surface area contributed by atoms with Crippen molar-refractivity contribution in [2.75, 3.05) is 0 Å². The third-order valence-corrected chi connectivity index (χ3v) is 6.16. The van der Waals surface area contributed by atoms with Crippen molar-refractivity contribution < 1.29 is 9.90 Å². The van der Waals surface area contributed by atoms with E-state index in [1.165, 1.54) is 11.3 Å². The molecule has 2 aromatic heterocycles. The number of H-pyrrole nitrogens is 1. The van der Waals surface area contributed by atoms with Crippen molar-refractivity contribution in [3.63, 3.8) is 0 Å². The number of phenolic OH excluding ortho intramolecular Hbond substituents is 1. The number of aryl methyl sites for hydroxylation is 2. The third-order valence-electron chi connectivity index (χ3n) is 5.05. The Balaban J connectivity index is 1.53. The Morgan fingerprint density at radius 1 is 1.23 bits per heavy atom. The van der Waals surface area contributed by atoms with Gasteiger partial charge < -0.3 is 10.1 Å². The summed E-state index contributed by atoms with van der Waals surface area (Å²) >= 11 is 1.43. The lowest BCUT2D eigenvalue weighted by Gasteiger charge is -2.08. The van der Waals surface area contributed by atoms with Crippen molar-refractivity contribution in [2.24, 2.45) is 5.10 Å². The zero-order valence-corrected chi connectivity index (χ0v) is 17.6. The molecule has 0 saturated carbocycles. The summed E-state index contributed by atoms with van der Waals surface area (Å²) in [5.74, 6) is -0.0155. The highest BCUT2D eigenvalue weighted by Gasteiger charge is 2.14. The van der Waals surface area contributed by atoms with Gasteiger partial charge in [-0.25, -0.2) is 10.4 Å². The van der Waals surface area contributed by atoms with Crippen LogP contribution in [0.3, 0.4) is 0 Å². The number of amides is 1. The number of rotatable bonds is 4. The summed E-state index contributed by atoms with van der Waals surface area (Å²) in [6, 6.07) is 11.1. The summed E-state index contributed by atoms with van der Waals surface area (Å²) in [6.45, 7) is 5.53. The summed E-state index contributed by atoms with van der Waals surface area (Å²) in [4.78, 5) is 33.4. The number of aromatic nitrogens is 2. The number of hydrazone groups is 1. The molecule has 4 rings (SSSR count). The number of aromatic amines is 1. The summed E-state index contributed by atoms with van der Waals surface area (Å²) in [5, 5.41) is 16.8. The zero-order chi connectivity index (χ0) is 21.4. The van der Waals surface area contributed by atoms with Gasteiger partial charge in [0.2, 0.25) is 5.91 Å². The second-order valence-electron chi connectivity index (χ2n) is 7.07. The Kier molecular flexibility index (Phi) is 5.09. The average molecular weight is 420 g/mol. The molecule has 0 spiro atoms. The Morgan fingerprint density at radius 2 is 2.00 bits per heavy atom. The molecule has 30 heavy (non-hydrogen) atoms. The SMILES string of the molecule is C/C(=N\NC(=O)Cc1nc2sc(C)c(C)c2c(=O)[nH]1)c1ccc2ccccc2c1O. The van der Waals surface area contributed by atoms with Crippen LogP contribution in [0.25, 0.3) is 21.0 Å². The van der Waals surface area contributed by atoms with Crippen LogP contribution in [0, 0.1) is 13.8 Å². The first-order valence-electron chi connectivity index (χ1n) is 9.38. The molecule has 0 saturated heterocycles. The Labute approximate surface area is 176 Å². The van der Waals surface area contributed by atoms with E-state index in [1.807, 2.05) is 44.2 Å². The number of nitrogens with zero attached hydrogens (tertiary/aromatic N) is 2. The first-order chi connectivity index (χ1) is 14.3. The van der Waals surface area contributed by atoms with Crippen molar-refractivity contribution in [1.29, 1.82) is 0 Å². The average Bonchev–Trinajstić information content (AvgIpc) is 3.00. The minimum absolute atomic E-state index is 0.109. The number of phenols is 1. The number of carbonyl (C=O) groups is 1. The van der Waals surface area contributed by atoms with E-state index >= 15 is 0 Å². The summed E-state index contributed by atoms with van der Waals surface area (Å²) in [6.07, 6.45) is -0.109. The largest absolute Gasteiger partial charge is 0.507 e. The minimum atomic E-state index is -0.415. The molecule has 0 fully saturated rings. The lowest BCUT2D eigenvalue weighted by molar-refractivity contribution is -0.120. The Morgan fingerprint density at radius 3 is 2.80 bits per heavy atom. The van der Waals surface area contributed by atoms with Crippen molar-refractivity contribution in [3.05, 3.63) is 68.6 Å². The summed E-state index contributed by atoms with van der Waals surface area (Å²) in [7, 11) is 0. The first kappa shape index (κ1) is 19.8. The molecule has 1 amide bonds. The quantitative estimate of drug-likeness (QED) is 0.347. The number of aromatic hydroxyl groups is 1. The van der Waals surface area contributed by atoms with Crippen LogP contribution < -0.4 is 11.0 Å². The number of hydrogen-bond acceptors (Lipinski definition) is 6. The highest BCUT2D eigenvalue weighted by Crippen LogP contribution is 2.29. The van der Waals surface area contributed by atoms with E-state index in [9.17, 15) is 14.7 Å². The molecule has 7 nitrogen and oxygen atoms in total. The maximum atomic E-state index is 12.3. The van der Waals surface area contributed by atoms with Gasteiger partial charge >= 0.3 is 0 Å².